The van der Waals surface area contributed by atoms with Crippen molar-refractivity contribution in [2.75, 3.05) is 45.9 Å². The van der Waals surface area contributed by atoms with Crippen molar-refractivity contribution in [1.29, 1.82) is 0 Å². The van der Waals surface area contributed by atoms with E-state index in [1.807, 2.05) is 0 Å². The number of ether oxygens (including phenoxy) is 1. The molecular formula is C38H78N2O3. The van der Waals surface area contributed by atoms with Crippen LogP contribution < -0.4 is 0 Å². The molecule has 5 nitrogen and oxygen atoms in total. The Kier molecular flexibility index (Phi) is 32.3. The van der Waals surface area contributed by atoms with Gasteiger partial charge in [-0.05, 0) is 51.7 Å². The highest BCUT2D eigenvalue weighted by Crippen LogP contribution is 2.15. The normalized spacial score (nSPS) is 13.2. The lowest BCUT2D eigenvalue weighted by atomic mass is 10.0. The summed E-state index contributed by atoms with van der Waals surface area (Å²) in [4.78, 5) is 4.80. The molecule has 0 aliphatic rings. The highest BCUT2D eigenvalue weighted by molar-refractivity contribution is 4.83. The molecule has 0 heterocycles. The van der Waals surface area contributed by atoms with Gasteiger partial charge in [0.05, 0.1) is 18.0 Å². The van der Waals surface area contributed by atoms with Gasteiger partial charge in [0.1, 0.15) is 6.61 Å². The molecule has 0 radical (unpaired) electrons. The first-order valence-corrected chi connectivity index (χ1v) is 19.1. The second-order valence-corrected chi connectivity index (χ2v) is 13.3. The predicted octanol–water partition coefficient (Wildman–Crippen LogP) is 9.89. The molecule has 0 aromatic rings. The van der Waals surface area contributed by atoms with E-state index in [1.54, 1.807) is 0 Å². The lowest BCUT2D eigenvalue weighted by Gasteiger charge is -2.27. The number of nitrogens with zero attached hydrogens (tertiary/aromatic N) is 2. The van der Waals surface area contributed by atoms with Crippen LogP contribution in [0, 0.1) is 0 Å². The van der Waals surface area contributed by atoms with Crippen molar-refractivity contribution >= 4 is 0 Å². The first-order chi connectivity index (χ1) is 21.0. The Bertz CT molecular complexity index is 545. The van der Waals surface area contributed by atoms with Gasteiger partial charge in [0.2, 0.25) is 0 Å². The number of hydrogen-bond donors (Lipinski definition) is 2. The SMILES string of the molecule is C=C(CCCN(CC(O)CCCCCCCCCC)CC(O)CCCCCCCCCC)OCCN(CCC)CCCC. The summed E-state index contributed by atoms with van der Waals surface area (Å²) in [7, 11) is 0. The van der Waals surface area contributed by atoms with Crippen LogP contribution in [0.2, 0.25) is 0 Å². The summed E-state index contributed by atoms with van der Waals surface area (Å²) in [6.45, 7) is 19.3. The Labute approximate surface area is 270 Å². The van der Waals surface area contributed by atoms with E-state index in [0.717, 1.165) is 70.5 Å². The fourth-order valence-electron chi connectivity index (χ4n) is 5.99. The zero-order valence-corrected chi connectivity index (χ0v) is 29.8. The average Bonchev–Trinajstić information content (AvgIpc) is 2.98. The number of aliphatic hydroxyl groups excluding tert-OH is 2. The van der Waals surface area contributed by atoms with Crippen LogP contribution in [0.1, 0.15) is 175 Å². The van der Waals surface area contributed by atoms with Gasteiger partial charge >= 0.3 is 0 Å². The molecule has 43 heavy (non-hydrogen) atoms. The van der Waals surface area contributed by atoms with Gasteiger partial charge in [0.25, 0.3) is 0 Å². The van der Waals surface area contributed by atoms with E-state index < -0.39 is 0 Å². The first-order valence-electron chi connectivity index (χ1n) is 19.1. The van der Waals surface area contributed by atoms with Crippen LogP contribution >= 0.6 is 0 Å². The van der Waals surface area contributed by atoms with Crippen molar-refractivity contribution in [2.45, 2.75) is 188 Å². The molecule has 0 rings (SSSR count). The highest BCUT2D eigenvalue weighted by Gasteiger charge is 2.16. The fraction of sp³-hybridized carbons (Fsp3) is 0.947. The molecule has 5 heteroatoms. The summed E-state index contributed by atoms with van der Waals surface area (Å²) in [5.41, 5.74) is 0. The van der Waals surface area contributed by atoms with Gasteiger partial charge in [-0.2, -0.15) is 0 Å². The van der Waals surface area contributed by atoms with Crippen LogP contribution in [0.25, 0.3) is 0 Å². The zero-order valence-electron chi connectivity index (χ0n) is 29.8. The monoisotopic (exact) mass is 611 g/mol. The van der Waals surface area contributed by atoms with Crippen molar-refractivity contribution in [1.82, 2.24) is 9.80 Å². The molecule has 0 aromatic carbocycles. The molecule has 0 bridgehead atoms. The van der Waals surface area contributed by atoms with Gasteiger partial charge < -0.3 is 14.9 Å². The minimum atomic E-state index is -0.317. The van der Waals surface area contributed by atoms with E-state index in [-0.39, 0.29) is 12.2 Å². The predicted molar refractivity (Wildman–Crippen MR) is 189 cm³/mol. The minimum absolute atomic E-state index is 0.317. The number of unbranched alkanes of at least 4 members (excludes halogenated alkanes) is 15. The second kappa shape index (κ2) is 32.8. The zero-order chi connectivity index (χ0) is 31.8. The summed E-state index contributed by atoms with van der Waals surface area (Å²) in [5, 5.41) is 21.7. The molecule has 0 aliphatic carbocycles. The first kappa shape index (κ1) is 42.4. The van der Waals surface area contributed by atoms with Gasteiger partial charge in [-0.25, -0.2) is 0 Å². The molecule has 0 aliphatic heterocycles. The van der Waals surface area contributed by atoms with Crippen molar-refractivity contribution in [3.63, 3.8) is 0 Å². The topological polar surface area (TPSA) is 56.2 Å². The Morgan fingerprint density at radius 2 is 0.953 bits per heavy atom. The van der Waals surface area contributed by atoms with Crippen LogP contribution in [0.4, 0.5) is 0 Å². The van der Waals surface area contributed by atoms with Crippen LogP contribution in [0.3, 0.4) is 0 Å². The standard InChI is InChI=1S/C38H78N2O3/c1-6-10-13-15-17-19-21-23-27-37(41)34-40(35-38(42)28-24-22-20-18-16-14-11-7-2)31-25-26-36(5)43-33-32-39(29-9-4)30-12-8-3/h37-38,41-42H,5-35H2,1-4H3. The fourth-order valence-corrected chi connectivity index (χ4v) is 5.99. The minimum Gasteiger partial charge on any atom is -0.497 e. The summed E-state index contributed by atoms with van der Waals surface area (Å²) < 4.78 is 6.00. The van der Waals surface area contributed by atoms with Gasteiger partial charge in [0.15, 0.2) is 0 Å². The Morgan fingerprint density at radius 1 is 0.512 bits per heavy atom. The van der Waals surface area contributed by atoms with E-state index in [4.69, 9.17) is 4.74 Å². The molecular weight excluding hydrogens is 532 g/mol. The van der Waals surface area contributed by atoms with Gasteiger partial charge in [-0.3, -0.25) is 9.80 Å². The summed E-state index contributed by atoms with van der Waals surface area (Å²) in [5.74, 6) is 0.867. The van der Waals surface area contributed by atoms with Crippen molar-refractivity contribution in [3.05, 3.63) is 12.3 Å². The quantitative estimate of drug-likeness (QED) is 0.0552. The maximum Gasteiger partial charge on any atom is 0.100 e. The van der Waals surface area contributed by atoms with E-state index in [2.05, 4.69) is 44.1 Å². The summed E-state index contributed by atoms with van der Waals surface area (Å²) >= 11 is 0. The number of allylic oxidation sites excluding steroid dienone is 1. The van der Waals surface area contributed by atoms with Crippen LogP contribution in [0.15, 0.2) is 12.3 Å². The third kappa shape index (κ3) is 29.8. The van der Waals surface area contributed by atoms with Crippen molar-refractivity contribution in [2.24, 2.45) is 0 Å². The smallest absolute Gasteiger partial charge is 0.100 e. The third-order valence-corrected chi connectivity index (χ3v) is 8.73. The van der Waals surface area contributed by atoms with Crippen molar-refractivity contribution in [3.8, 4) is 0 Å². The van der Waals surface area contributed by atoms with Gasteiger partial charge in [0, 0.05) is 26.1 Å². The Hall–Kier alpha value is -0.620. The molecule has 0 saturated heterocycles. The average molecular weight is 611 g/mol. The molecule has 0 spiro atoms. The number of rotatable bonds is 35. The molecule has 0 fully saturated rings. The van der Waals surface area contributed by atoms with Gasteiger partial charge in [-0.15, -0.1) is 0 Å². The molecule has 2 N–H and O–H groups in total. The maximum atomic E-state index is 10.9. The maximum absolute atomic E-state index is 10.9. The molecule has 0 aromatic heterocycles. The molecule has 258 valence electrons. The number of aliphatic hydroxyl groups is 2. The van der Waals surface area contributed by atoms with E-state index in [0.29, 0.717) is 19.7 Å². The Morgan fingerprint density at radius 3 is 1.42 bits per heavy atom. The van der Waals surface area contributed by atoms with E-state index in [9.17, 15) is 10.2 Å². The Balaban J connectivity index is 4.50. The number of hydrogen-bond acceptors (Lipinski definition) is 5. The van der Waals surface area contributed by atoms with Gasteiger partial charge in [-0.1, -0.05) is 143 Å². The summed E-state index contributed by atoms with van der Waals surface area (Å²) in [6.07, 6.45) is 27.1. The summed E-state index contributed by atoms with van der Waals surface area (Å²) in [6, 6.07) is 0. The lowest BCUT2D eigenvalue weighted by molar-refractivity contribution is 0.0591. The largest absolute Gasteiger partial charge is 0.497 e. The van der Waals surface area contributed by atoms with E-state index >= 15 is 0 Å². The van der Waals surface area contributed by atoms with Crippen LogP contribution in [-0.2, 0) is 4.74 Å². The highest BCUT2D eigenvalue weighted by atomic mass is 16.5. The van der Waals surface area contributed by atoms with E-state index in [1.165, 1.54) is 109 Å². The van der Waals surface area contributed by atoms with Crippen molar-refractivity contribution < 1.29 is 14.9 Å². The molecule has 0 saturated carbocycles. The second-order valence-electron chi connectivity index (χ2n) is 13.3. The molecule has 2 unspecified atom stereocenters. The molecule has 0 amide bonds. The van der Waals surface area contributed by atoms with Crippen LogP contribution in [-0.4, -0.2) is 78.1 Å². The third-order valence-electron chi connectivity index (χ3n) is 8.73. The molecule has 2 atom stereocenters. The lowest BCUT2D eigenvalue weighted by Crippen LogP contribution is -2.38. The van der Waals surface area contributed by atoms with Crippen LogP contribution in [0.5, 0.6) is 0 Å².